The van der Waals surface area contributed by atoms with E-state index in [-0.39, 0.29) is 0 Å². The Kier molecular flexibility index (Phi) is 3.80. The van der Waals surface area contributed by atoms with Crippen molar-refractivity contribution in [2.75, 3.05) is 0 Å². The van der Waals surface area contributed by atoms with Crippen molar-refractivity contribution in [2.45, 2.75) is 25.6 Å². The van der Waals surface area contributed by atoms with Crippen molar-refractivity contribution in [3.63, 3.8) is 0 Å². The van der Waals surface area contributed by atoms with Crippen LogP contribution in [0.4, 0.5) is 0 Å². The minimum absolute atomic E-state index is 0.330. The van der Waals surface area contributed by atoms with Gasteiger partial charge in [0.1, 0.15) is 0 Å². The molecule has 0 aliphatic carbocycles. The van der Waals surface area contributed by atoms with Gasteiger partial charge < -0.3 is 10.2 Å². The van der Waals surface area contributed by atoms with Gasteiger partial charge in [0.15, 0.2) is 5.79 Å². The molecule has 0 aliphatic rings. The summed E-state index contributed by atoms with van der Waals surface area (Å²) in [4.78, 5) is 0. The van der Waals surface area contributed by atoms with Gasteiger partial charge in [0, 0.05) is 12.0 Å². The van der Waals surface area contributed by atoms with Gasteiger partial charge in [-0.15, -0.1) is 0 Å². The Morgan fingerprint density at radius 1 is 0.889 bits per heavy atom. The van der Waals surface area contributed by atoms with Crippen molar-refractivity contribution in [2.24, 2.45) is 0 Å². The molecule has 0 radical (unpaired) electrons. The lowest BCUT2D eigenvalue weighted by Crippen LogP contribution is -2.25. The molecule has 18 heavy (non-hydrogen) atoms. The fourth-order valence-electron chi connectivity index (χ4n) is 2.18. The number of aliphatic hydroxyl groups is 2. The zero-order chi connectivity index (χ0) is 13.0. The van der Waals surface area contributed by atoms with E-state index in [1.807, 2.05) is 55.5 Å². The monoisotopic (exact) mass is 242 g/mol. The summed E-state index contributed by atoms with van der Waals surface area (Å²) in [7, 11) is 0. The van der Waals surface area contributed by atoms with E-state index in [1.54, 1.807) is 6.07 Å². The molecule has 0 fully saturated rings. The summed E-state index contributed by atoms with van der Waals surface area (Å²) in [6.45, 7) is 1.94. The second-order valence-corrected chi connectivity index (χ2v) is 4.48. The van der Waals surface area contributed by atoms with Crippen LogP contribution in [0, 0.1) is 0 Å². The predicted octanol–water partition coefficient (Wildman–Crippen LogP) is 3.29. The minimum Gasteiger partial charge on any atom is -0.362 e. The van der Waals surface area contributed by atoms with Crippen molar-refractivity contribution in [1.29, 1.82) is 0 Å². The topological polar surface area (TPSA) is 40.5 Å². The van der Waals surface area contributed by atoms with Crippen molar-refractivity contribution < 1.29 is 10.2 Å². The van der Waals surface area contributed by atoms with Gasteiger partial charge in [-0.2, -0.15) is 0 Å². The first-order chi connectivity index (χ1) is 8.65. The van der Waals surface area contributed by atoms with Gasteiger partial charge in [-0.3, -0.25) is 0 Å². The molecule has 0 saturated carbocycles. The number of hydrogen-bond acceptors (Lipinski definition) is 2. The molecule has 0 amide bonds. The summed E-state index contributed by atoms with van der Waals surface area (Å²) in [5, 5.41) is 20.4. The Bertz CT molecular complexity index is 504. The van der Waals surface area contributed by atoms with E-state index in [0.29, 0.717) is 12.0 Å². The third-order valence-corrected chi connectivity index (χ3v) is 3.04. The van der Waals surface area contributed by atoms with Crippen molar-refractivity contribution in [3.8, 4) is 11.1 Å². The van der Waals surface area contributed by atoms with E-state index in [2.05, 4.69) is 0 Å². The molecule has 94 valence electrons. The van der Waals surface area contributed by atoms with Crippen LogP contribution >= 0.6 is 0 Å². The first-order valence-corrected chi connectivity index (χ1v) is 6.25. The second kappa shape index (κ2) is 5.34. The van der Waals surface area contributed by atoms with Crippen LogP contribution in [-0.4, -0.2) is 10.2 Å². The molecule has 0 aromatic heterocycles. The lowest BCUT2D eigenvalue weighted by atomic mass is 9.92. The first-order valence-electron chi connectivity index (χ1n) is 6.25. The summed E-state index contributed by atoms with van der Waals surface area (Å²) in [5.41, 5.74) is 2.44. The van der Waals surface area contributed by atoms with Gasteiger partial charge in [0.05, 0.1) is 0 Å². The number of benzene rings is 2. The van der Waals surface area contributed by atoms with Crippen LogP contribution in [0.5, 0.6) is 0 Å². The fraction of sp³-hybridized carbons (Fsp3) is 0.250. The summed E-state index contributed by atoms with van der Waals surface area (Å²) in [6, 6.07) is 17.2. The molecule has 2 aromatic rings. The largest absolute Gasteiger partial charge is 0.362 e. The molecule has 0 heterocycles. The average Bonchev–Trinajstić information content (AvgIpc) is 2.40. The Hall–Kier alpha value is -1.64. The van der Waals surface area contributed by atoms with Gasteiger partial charge >= 0.3 is 0 Å². The smallest absolute Gasteiger partial charge is 0.190 e. The highest BCUT2D eigenvalue weighted by molar-refractivity contribution is 5.68. The first kappa shape index (κ1) is 12.8. The highest BCUT2D eigenvalue weighted by atomic mass is 16.5. The Morgan fingerprint density at radius 2 is 1.50 bits per heavy atom. The molecule has 2 nitrogen and oxygen atoms in total. The lowest BCUT2D eigenvalue weighted by molar-refractivity contribution is -0.174. The van der Waals surface area contributed by atoms with E-state index in [4.69, 9.17) is 0 Å². The average molecular weight is 242 g/mol. The van der Waals surface area contributed by atoms with Gasteiger partial charge in [0.2, 0.25) is 0 Å². The van der Waals surface area contributed by atoms with Gasteiger partial charge in [-0.1, -0.05) is 67.9 Å². The molecule has 0 atom stereocenters. The SMILES string of the molecule is CCCC(O)(O)c1ccccc1-c1ccccc1. The van der Waals surface area contributed by atoms with E-state index in [0.717, 1.165) is 17.5 Å². The molecule has 0 saturated heterocycles. The van der Waals surface area contributed by atoms with Gasteiger partial charge in [-0.05, 0) is 11.1 Å². The van der Waals surface area contributed by atoms with Crippen LogP contribution in [-0.2, 0) is 5.79 Å². The molecular formula is C16H18O2. The molecule has 0 aliphatic heterocycles. The molecule has 0 spiro atoms. The maximum Gasteiger partial charge on any atom is 0.190 e. The van der Waals surface area contributed by atoms with Crippen LogP contribution in [0.25, 0.3) is 11.1 Å². The van der Waals surface area contributed by atoms with E-state index < -0.39 is 5.79 Å². The molecule has 2 rings (SSSR count). The Balaban J connectivity index is 2.50. The molecule has 2 aromatic carbocycles. The summed E-state index contributed by atoms with van der Waals surface area (Å²) in [6.07, 6.45) is 1.05. The zero-order valence-electron chi connectivity index (χ0n) is 10.5. The van der Waals surface area contributed by atoms with Crippen molar-refractivity contribution >= 4 is 0 Å². The maximum absolute atomic E-state index is 10.2. The van der Waals surface area contributed by atoms with Gasteiger partial charge in [0.25, 0.3) is 0 Å². The van der Waals surface area contributed by atoms with Crippen LogP contribution in [0.1, 0.15) is 25.3 Å². The third-order valence-electron chi connectivity index (χ3n) is 3.04. The second-order valence-electron chi connectivity index (χ2n) is 4.48. The Labute approximate surface area is 108 Å². The van der Waals surface area contributed by atoms with Crippen LogP contribution in [0.3, 0.4) is 0 Å². The standard InChI is InChI=1S/C16H18O2/c1-2-12-16(17,18)15-11-7-6-10-14(15)13-8-4-3-5-9-13/h3-11,17-18H,2,12H2,1H3. The van der Waals surface area contributed by atoms with E-state index in [1.165, 1.54) is 0 Å². The molecule has 0 unspecified atom stereocenters. The fourth-order valence-corrected chi connectivity index (χ4v) is 2.18. The van der Waals surface area contributed by atoms with Crippen LogP contribution in [0.15, 0.2) is 54.6 Å². The minimum atomic E-state index is -1.76. The summed E-state index contributed by atoms with van der Waals surface area (Å²) in [5.74, 6) is -1.76. The summed E-state index contributed by atoms with van der Waals surface area (Å²) < 4.78 is 0. The lowest BCUT2D eigenvalue weighted by Gasteiger charge is -2.24. The molecule has 2 N–H and O–H groups in total. The van der Waals surface area contributed by atoms with E-state index >= 15 is 0 Å². The maximum atomic E-state index is 10.2. The van der Waals surface area contributed by atoms with Crippen LogP contribution in [0.2, 0.25) is 0 Å². The third kappa shape index (κ3) is 2.61. The van der Waals surface area contributed by atoms with Crippen LogP contribution < -0.4 is 0 Å². The Morgan fingerprint density at radius 3 is 2.17 bits per heavy atom. The van der Waals surface area contributed by atoms with Gasteiger partial charge in [-0.25, -0.2) is 0 Å². The van der Waals surface area contributed by atoms with Crippen molar-refractivity contribution in [1.82, 2.24) is 0 Å². The predicted molar refractivity (Wildman–Crippen MR) is 72.9 cm³/mol. The molecular weight excluding hydrogens is 224 g/mol. The van der Waals surface area contributed by atoms with E-state index in [9.17, 15) is 10.2 Å². The summed E-state index contributed by atoms with van der Waals surface area (Å²) >= 11 is 0. The highest BCUT2D eigenvalue weighted by Crippen LogP contribution is 2.32. The number of rotatable bonds is 4. The quantitative estimate of drug-likeness (QED) is 0.808. The molecule has 0 bridgehead atoms. The number of hydrogen-bond donors (Lipinski definition) is 2. The molecule has 2 heteroatoms. The zero-order valence-corrected chi connectivity index (χ0v) is 10.5. The van der Waals surface area contributed by atoms with Crippen molar-refractivity contribution in [3.05, 3.63) is 60.2 Å². The normalized spacial score (nSPS) is 11.5. The highest BCUT2D eigenvalue weighted by Gasteiger charge is 2.27.